The van der Waals surface area contributed by atoms with Gasteiger partial charge >= 0.3 is 5.97 Å². The molecule has 0 spiro atoms. The zero-order valence-corrected chi connectivity index (χ0v) is 15.2. The van der Waals surface area contributed by atoms with E-state index in [1.165, 1.54) is 7.11 Å². The summed E-state index contributed by atoms with van der Waals surface area (Å²) in [5, 5.41) is 9.62. The van der Waals surface area contributed by atoms with Crippen molar-refractivity contribution in [2.75, 3.05) is 7.11 Å². The van der Waals surface area contributed by atoms with Crippen LogP contribution in [-0.4, -0.2) is 29.9 Å². The standard InChI is InChI=1S/C17H22O6S/c1-10(2)21-15-14(17(3,4)22-16(15)19)11-6-7-13(24-23-20-5)12(8-11)9-18/h6-8,10,18H,9H2,1-5H3. The molecular weight excluding hydrogens is 332 g/mol. The van der Waals surface area contributed by atoms with Gasteiger partial charge in [-0.25, -0.2) is 9.68 Å². The molecule has 1 aromatic carbocycles. The lowest BCUT2D eigenvalue weighted by atomic mass is 9.91. The number of ether oxygens (including phenoxy) is 2. The molecular formula is C17H22O6S. The van der Waals surface area contributed by atoms with Crippen molar-refractivity contribution in [2.45, 2.75) is 50.9 Å². The fraction of sp³-hybridized carbons (Fsp3) is 0.471. The van der Waals surface area contributed by atoms with Crippen LogP contribution in [0.1, 0.15) is 38.8 Å². The molecule has 132 valence electrons. The van der Waals surface area contributed by atoms with Crippen molar-refractivity contribution in [2.24, 2.45) is 0 Å². The Balaban J connectivity index is 2.50. The van der Waals surface area contributed by atoms with Gasteiger partial charge in [0.2, 0.25) is 5.76 Å². The zero-order chi connectivity index (χ0) is 17.9. The van der Waals surface area contributed by atoms with Crippen LogP contribution >= 0.6 is 12.0 Å². The molecule has 1 aliphatic rings. The second kappa shape index (κ2) is 7.57. The molecule has 24 heavy (non-hydrogen) atoms. The molecule has 0 aliphatic carbocycles. The lowest BCUT2D eigenvalue weighted by molar-refractivity contribution is -0.160. The normalized spacial score (nSPS) is 16.7. The Morgan fingerprint density at radius 2 is 2.04 bits per heavy atom. The summed E-state index contributed by atoms with van der Waals surface area (Å²) < 4.78 is 16.0. The Bertz CT molecular complexity index is 650. The van der Waals surface area contributed by atoms with E-state index in [2.05, 4.69) is 4.89 Å². The maximum Gasteiger partial charge on any atom is 0.374 e. The van der Waals surface area contributed by atoms with Gasteiger partial charge in [-0.3, -0.25) is 0 Å². The molecule has 7 heteroatoms. The SMILES string of the molecule is COOSc1ccc(C2=C(OC(C)C)C(=O)OC2(C)C)cc1CO. The number of rotatable bonds is 7. The number of esters is 1. The molecule has 0 saturated carbocycles. The molecule has 0 fully saturated rings. The van der Waals surface area contributed by atoms with Gasteiger partial charge in [-0.15, -0.1) is 0 Å². The van der Waals surface area contributed by atoms with E-state index in [1.54, 1.807) is 12.1 Å². The van der Waals surface area contributed by atoms with Crippen LogP contribution in [0.2, 0.25) is 0 Å². The molecule has 1 aromatic rings. The molecule has 2 rings (SSSR count). The van der Waals surface area contributed by atoms with Gasteiger partial charge in [0.05, 0.1) is 37.4 Å². The van der Waals surface area contributed by atoms with Crippen LogP contribution in [0.15, 0.2) is 28.9 Å². The van der Waals surface area contributed by atoms with E-state index in [-0.39, 0.29) is 18.5 Å². The second-order valence-electron chi connectivity index (χ2n) is 6.07. The number of hydrogen-bond donors (Lipinski definition) is 1. The van der Waals surface area contributed by atoms with Gasteiger partial charge in [-0.05, 0) is 51.0 Å². The van der Waals surface area contributed by atoms with Gasteiger partial charge < -0.3 is 14.6 Å². The summed E-state index contributed by atoms with van der Waals surface area (Å²) in [4.78, 5) is 17.5. The van der Waals surface area contributed by atoms with Crippen molar-refractivity contribution in [3.63, 3.8) is 0 Å². The van der Waals surface area contributed by atoms with Crippen LogP contribution in [0.4, 0.5) is 0 Å². The average Bonchev–Trinajstić information content (AvgIpc) is 2.73. The maximum absolute atomic E-state index is 12.2. The van der Waals surface area contributed by atoms with Gasteiger partial charge in [0.15, 0.2) is 0 Å². The van der Waals surface area contributed by atoms with E-state index in [0.717, 1.165) is 22.5 Å². The molecule has 0 bridgehead atoms. The van der Waals surface area contributed by atoms with Crippen molar-refractivity contribution < 1.29 is 28.6 Å². The smallest absolute Gasteiger partial charge is 0.374 e. The third-order valence-corrected chi connectivity index (χ3v) is 4.21. The van der Waals surface area contributed by atoms with Gasteiger partial charge in [-0.2, -0.15) is 4.33 Å². The minimum atomic E-state index is -0.814. The van der Waals surface area contributed by atoms with Crippen molar-refractivity contribution in [1.29, 1.82) is 0 Å². The quantitative estimate of drug-likeness (QED) is 0.349. The van der Waals surface area contributed by atoms with Crippen LogP contribution < -0.4 is 0 Å². The second-order valence-corrected chi connectivity index (χ2v) is 6.81. The van der Waals surface area contributed by atoms with E-state index in [4.69, 9.17) is 13.8 Å². The maximum atomic E-state index is 12.2. The van der Waals surface area contributed by atoms with Gasteiger partial charge in [0, 0.05) is 4.90 Å². The van der Waals surface area contributed by atoms with Gasteiger partial charge in [-0.1, -0.05) is 6.07 Å². The number of cyclic esters (lactones) is 1. The monoisotopic (exact) mass is 354 g/mol. The lowest BCUT2D eigenvalue weighted by Crippen LogP contribution is -2.22. The molecule has 0 unspecified atom stereocenters. The first-order valence-corrected chi connectivity index (χ1v) is 8.30. The van der Waals surface area contributed by atoms with Crippen LogP contribution in [0.3, 0.4) is 0 Å². The third-order valence-electron chi connectivity index (χ3n) is 3.43. The molecule has 1 N–H and O–H groups in total. The minimum Gasteiger partial charge on any atom is -0.484 e. The number of aliphatic hydroxyl groups is 1. The number of carbonyl (C=O) groups is 1. The zero-order valence-electron chi connectivity index (χ0n) is 14.4. The third kappa shape index (κ3) is 3.92. The molecule has 6 nitrogen and oxygen atoms in total. The molecule has 0 atom stereocenters. The van der Waals surface area contributed by atoms with Gasteiger partial charge in [0.1, 0.15) is 5.60 Å². The van der Waals surface area contributed by atoms with E-state index in [0.29, 0.717) is 11.1 Å². The highest BCUT2D eigenvalue weighted by atomic mass is 32.2. The Morgan fingerprint density at radius 3 is 2.62 bits per heavy atom. The summed E-state index contributed by atoms with van der Waals surface area (Å²) in [6.45, 7) is 7.15. The highest BCUT2D eigenvalue weighted by Crippen LogP contribution is 2.41. The van der Waals surface area contributed by atoms with Crippen LogP contribution in [0.5, 0.6) is 0 Å². The molecule has 0 radical (unpaired) electrons. The first-order chi connectivity index (χ1) is 11.3. The van der Waals surface area contributed by atoms with Crippen molar-refractivity contribution in [3.05, 3.63) is 35.1 Å². The number of carbonyl (C=O) groups excluding carboxylic acids is 1. The molecule has 1 aliphatic heterocycles. The Labute approximate surface area is 145 Å². The number of hydrogen-bond acceptors (Lipinski definition) is 7. The molecule has 1 heterocycles. The summed E-state index contributed by atoms with van der Waals surface area (Å²) in [6, 6.07) is 5.43. The fourth-order valence-corrected chi connectivity index (χ4v) is 3.03. The first-order valence-electron chi connectivity index (χ1n) is 7.56. The van der Waals surface area contributed by atoms with E-state index in [9.17, 15) is 9.90 Å². The molecule has 0 amide bonds. The Hall–Kier alpha value is -1.54. The lowest BCUT2D eigenvalue weighted by Gasteiger charge is -2.22. The highest BCUT2D eigenvalue weighted by Gasteiger charge is 2.43. The fourth-order valence-electron chi connectivity index (χ4n) is 2.54. The first kappa shape index (κ1) is 18.8. The summed E-state index contributed by atoms with van der Waals surface area (Å²) >= 11 is 1.01. The summed E-state index contributed by atoms with van der Waals surface area (Å²) in [5.41, 5.74) is 1.26. The van der Waals surface area contributed by atoms with E-state index in [1.807, 2.05) is 33.8 Å². The highest BCUT2D eigenvalue weighted by molar-refractivity contribution is 7.94. The van der Waals surface area contributed by atoms with Gasteiger partial charge in [0.25, 0.3) is 0 Å². The van der Waals surface area contributed by atoms with E-state index >= 15 is 0 Å². The van der Waals surface area contributed by atoms with E-state index < -0.39 is 11.6 Å². The average molecular weight is 354 g/mol. The predicted octanol–water partition coefficient (Wildman–Crippen LogP) is 3.24. The van der Waals surface area contributed by atoms with Crippen LogP contribution in [-0.2, 0) is 30.1 Å². The summed E-state index contributed by atoms with van der Waals surface area (Å²) in [6.07, 6.45) is -0.154. The van der Waals surface area contributed by atoms with Crippen molar-refractivity contribution in [1.82, 2.24) is 0 Å². The summed E-state index contributed by atoms with van der Waals surface area (Å²) in [5.74, 6) is -0.261. The Morgan fingerprint density at radius 1 is 1.33 bits per heavy atom. The summed E-state index contributed by atoms with van der Waals surface area (Å²) in [7, 11) is 1.41. The largest absolute Gasteiger partial charge is 0.484 e. The topological polar surface area (TPSA) is 74.2 Å². The number of benzene rings is 1. The minimum absolute atomic E-state index is 0.154. The Kier molecular flexibility index (Phi) is 5.92. The van der Waals surface area contributed by atoms with Crippen LogP contribution in [0.25, 0.3) is 5.57 Å². The van der Waals surface area contributed by atoms with Crippen molar-refractivity contribution in [3.8, 4) is 0 Å². The molecule has 0 saturated heterocycles. The number of aliphatic hydroxyl groups excluding tert-OH is 1. The predicted molar refractivity (Wildman–Crippen MR) is 89.6 cm³/mol. The van der Waals surface area contributed by atoms with Crippen LogP contribution in [0, 0.1) is 0 Å². The van der Waals surface area contributed by atoms with Crippen molar-refractivity contribution >= 4 is 23.6 Å². The molecule has 0 aromatic heterocycles.